The number of nitrogens with zero attached hydrogens (tertiary/aromatic N) is 5. The van der Waals surface area contributed by atoms with Gasteiger partial charge in [-0.1, -0.05) is 12.1 Å². The highest BCUT2D eigenvalue weighted by atomic mass is 16.7. The predicted octanol–water partition coefficient (Wildman–Crippen LogP) is -2.92. The number of hydrogen-bond acceptors (Lipinski definition) is 11. The number of rotatable bonds is 10. The molecule has 0 bridgehead atoms. The zero-order valence-corrected chi connectivity index (χ0v) is 23.0. The molecule has 0 spiro atoms. The van der Waals surface area contributed by atoms with Crippen molar-refractivity contribution in [2.24, 2.45) is 17.2 Å². The van der Waals surface area contributed by atoms with Crippen LogP contribution in [0.25, 0.3) is 0 Å². The SMILES string of the molecule is NC(=O)CN1CCN(CC(N)=O)CCN(Cc2ccc(C(=O)ON3C(=O)CCC3=O)cc2)CCN(CC(N)=O)CC1. The van der Waals surface area contributed by atoms with Gasteiger partial charge in [0.05, 0.1) is 25.2 Å². The summed E-state index contributed by atoms with van der Waals surface area (Å²) < 4.78 is 0. The van der Waals surface area contributed by atoms with Crippen molar-refractivity contribution in [1.82, 2.24) is 24.7 Å². The molecule has 0 radical (unpaired) electrons. The topological polar surface area (TPSA) is 206 Å². The largest absolute Gasteiger partial charge is 0.369 e. The minimum absolute atomic E-state index is 0.0141. The van der Waals surface area contributed by atoms with Crippen molar-refractivity contribution >= 4 is 35.5 Å². The third-order valence-corrected chi connectivity index (χ3v) is 6.84. The van der Waals surface area contributed by atoms with Gasteiger partial charge in [-0.25, -0.2) is 4.79 Å². The Labute approximate surface area is 238 Å². The lowest BCUT2D eigenvalue weighted by Gasteiger charge is -2.33. The van der Waals surface area contributed by atoms with E-state index >= 15 is 0 Å². The maximum Gasteiger partial charge on any atom is 0.363 e. The van der Waals surface area contributed by atoms with Crippen LogP contribution in [0.3, 0.4) is 0 Å². The fourth-order valence-corrected chi connectivity index (χ4v) is 4.67. The number of imide groups is 1. The zero-order valence-electron chi connectivity index (χ0n) is 23.0. The maximum atomic E-state index is 12.4. The lowest BCUT2D eigenvalue weighted by molar-refractivity contribution is -0.172. The zero-order chi connectivity index (χ0) is 29.9. The summed E-state index contributed by atoms with van der Waals surface area (Å²) in [6.07, 6.45) is 0.0283. The summed E-state index contributed by atoms with van der Waals surface area (Å²) in [5.74, 6) is -3.29. The van der Waals surface area contributed by atoms with Crippen LogP contribution in [-0.2, 0) is 35.4 Å². The van der Waals surface area contributed by atoms with Gasteiger partial charge in [0, 0.05) is 71.7 Å². The molecule has 6 N–H and O–H groups in total. The third-order valence-electron chi connectivity index (χ3n) is 6.84. The van der Waals surface area contributed by atoms with E-state index in [4.69, 9.17) is 22.0 Å². The van der Waals surface area contributed by atoms with Crippen molar-refractivity contribution in [3.63, 3.8) is 0 Å². The van der Waals surface area contributed by atoms with Crippen molar-refractivity contribution in [2.75, 3.05) is 72.0 Å². The summed E-state index contributed by atoms with van der Waals surface area (Å²) in [5.41, 5.74) is 17.4. The summed E-state index contributed by atoms with van der Waals surface area (Å²) in [6.45, 7) is 4.77. The Hall–Kier alpha value is -3.92. The molecule has 2 saturated heterocycles. The lowest BCUT2D eigenvalue weighted by atomic mass is 10.1. The predicted molar refractivity (Wildman–Crippen MR) is 145 cm³/mol. The van der Waals surface area contributed by atoms with E-state index in [1.165, 1.54) is 0 Å². The molecule has 0 aromatic heterocycles. The number of carbonyl (C=O) groups is 6. The third kappa shape index (κ3) is 10.5. The number of carbonyl (C=O) groups excluding carboxylic acids is 6. The Morgan fingerprint density at radius 1 is 0.610 bits per heavy atom. The first-order valence-electron chi connectivity index (χ1n) is 13.4. The average molecular weight is 575 g/mol. The monoisotopic (exact) mass is 574 g/mol. The minimum atomic E-state index is -0.805. The first-order valence-corrected chi connectivity index (χ1v) is 13.4. The maximum absolute atomic E-state index is 12.4. The van der Waals surface area contributed by atoms with Crippen molar-refractivity contribution in [3.05, 3.63) is 35.4 Å². The standard InChI is InChI=1S/C26H38N8O7/c27-21(35)16-31-9-7-30(8-10-32(17-22(28)36)12-14-33(13-11-31)18-23(29)37)15-19-1-3-20(4-2-19)26(40)41-34-24(38)5-6-25(34)39/h1-4H,5-18H2,(H2,27,35)(H2,28,36)(H2,29,37). The minimum Gasteiger partial charge on any atom is -0.369 e. The molecule has 15 heteroatoms. The fraction of sp³-hybridized carbons (Fsp3) is 0.538. The molecule has 1 aromatic carbocycles. The van der Waals surface area contributed by atoms with Gasteiger partial charge in [0.2, 0.25) is 17.7 Å². The number of primary amides is 3. The Balaban J connectivity index is 1.69. The van der Waals surface area contributed by atoms with Crippen LogP contribution in [0.15, 0.2) is 24.3 Å². The average Bonchev–Trinajstić information content (AvgIpc) is 3.21. The van der Waals surface area contributed by atoms with Gasteiger partial charge in [0.1, 0.15) is 0 Å². The highest BCUT2D eigenvalue weighted by Crippen LogP contribution is 2.15. The van der Waals surface area contributed by atoms with Gasteiger partial charge in [-0.05, 0) is 17.7 Å². The first-order chi connectivity index (χ1) is 19.5. The van der Waals surface area contributed by atoms with Gasteiger partial charge in [-0.15, -0.1) is 5.06 Å². The Bertz CT molecular complexity index is 1080. The molecule has 3 rings (SSSR count). The Kier molecular flexibility index (Phi) is 11.7. The second-order valence-corrected chi connectivity index (χ2v) is 10.2. The van der Waals surface area contributed by atoms with E-state index in [-0.39, 0.29) is 38.0 Å². The summed E-state index contributed by atoms with van der Waals surface area (Å²) in [5, 5.41) is 0.510. The second-order valence-electron chi connectivity index (χ2n) is 10.2. The van der Waals surface area contributed by atoms with E-state index in [0.717, 1.165) is 5.56 Å². The summed E-state index contributed by atoms with van der Waals surface area (Å²) in [4.78, 5) is 83.7. The van der Waals surface area contributed by atoms with Crippen LogP contribution in [0, 0.1) is 0 Å². The van der Waals surface area contributed by atoms with Crippen molar-refractivity contribution in [3.8, 4) is 0 Å². The van der Waals surface area contributed by atoms with Gasteiger partial charge in [-0.3, -0.25) is 43.6 Å². The van der Waals surface area contributed by atoms with Crippen LogP contribution in [0.5, 0.6) is 0 Å². The van der Waals surface area contributed by atoms with Crippen molar-refractivity contribution < 1.29 is 33.6 Å². The number of amides is 5. The highest BCUT2D eigenvalue weighted by molar-refractivity contribution is 6.02. The van der Waals surface area contributed by atoms with Gasteiger partial charge in [-0.2, -0.15) is 0 Å². The molecule has 5 amide bonds. The molecule has 0 unspecified atom stereocenters. The number of hydrogen-bond donors (Lipinski definition) is 3. The van der Waals surface area contributed by atoms with Gasteiger partial charge in [0.15, 0.2) is 0 Å². The molecule has 0 saturated carbocycles. The molecule has 2 aliphatic rings. The van der Waals surface area contributed by atoms with Crippen LogP contribution in [0.1, 0.15) is 28.8 Å². The highest BCUT2D eigenvalue weighted by Gasteiger charge is 2.33. The van der Waals surface area contributed by atoms with E-state index in [1.54, 1.807) is 24.3 Å². The summed E-state index contributed by atoms with van der Waals surface area (Å²) >= 11 is 0. The van der Waals surface area contributed by atoms with E-state index in [0.29, 0.717) is 64.0 Å². The smallest absolute Gasteiger partial charge is 0.363 e. The van der Waals surface area contributed by atoms with Crippen LogP contribution in [0.2, 0.25) is 0 Å². The fourth-order valence-electron chi connectivity index (χ4n) is 4.67. The summed E-state index contributed by atoms with van der Waals surface area (Å²) in [6, 6.07) is 6.63. The quantitative estimate of drug-likeness (QED) is 0.241. The number of hydroxylamine groups is 2. The molecule has 2 aliphatic heterocycles. The van der Waals surface area contributed by atoms with E-state index in [2.05, 4.69) is 4.90 Å². The molecule has 224 valence electrons. The van der Waals surface area contributed by atoms with Gasteiger partial charge >= 0.3 is 5.97 Å². The van der Waals surface area contributed by atoms with Crippen molar-refractivity contribution in [2.45, 2.75) is 19.4 Å². The van der Waals surface area contributed by atoms with E-state index < -0.39 is 35.5 Å². The van der Waals surface area contributed by atoms with Crippen LogP contribution in [0.4, 0.5) is 0 Å². The molecule has 1 aromatic rings. The van der Waals surface area contributed by atoms with E-state index in [9.17, 15) is 28.8 Å². The second kappa shape index (κ2) is 15.2. The van der Waals surface area contributed by atoms with Crippen molar-refractivity contribution in [1.29, 1.82) is 0 Å². The van der Waals surface area contributed by atoms with Crippen LogP contribution >= 0.6 is 0 Å². The molecular formula is C26H38N8O7. The molecule has 2 heterocycles. The number of benzene rings is 1. The van der Waals surface area contributed by atoms with Gasteiger partial charge < -0.3 is 22.0 Å². The molecule has 41 heavy (non-hydrogen) atoms. The molecule has 0 aliphatic carbocycles. The molecular weight excluding hydrogens is 536 g/mol. The van der Waals surface area contributed by atoms with Crippen LogP contribution in [-0.4, -0.2) is 132 Å². The Morgan fingerprint density at radius 3 is 1.34 bits per heavy atom. The summed E-state index contributed by atoms with van der Waals surface area (Å²) in [7, 11) is 0. The Morgan fingerprint density at radius 2 is 0.976 bits per heavy atom. The normalized spacial score (nSPS) is 19.0. The van der Waals surface area contributed by atoms with Gasteiger partial charge in [0.25, 0.3) is 11.8 Å². The molecule has 2 fully saturated rings. The molecule has 15 nitrogen and oxygen atoms in total. The van der Waals surface area contributed by atoms with Crippen LogP contribution < -0.4 is 17.2 Å². The number of nitrogens with two attached hydrogens (primary N) is 3. The lowest BCUT2D eigenvalue weighted by Crippen LogP contribution is -2.49. The first kappa shape index (κ1) is 31.6. The molecule has 0 atom stereocenters. The van der Waals surface area contributed by atoms with E-state index in [1.807, 2.05) is 14.7 Å².